The van der Waals surface area contributed by atoms with Crippen molar-refractivity contribution in [2.75, 3.05) is 0 Å². The summed E-state index contributed by atoms with van der Waals surface area (Å²) in [5, 5.41) is 1.15. The summed E-state index contributed by atoms with van der Waals surface area (Å²) in [5.41, 5.74) is 3.01. The van der Waals surface area contributed by atoms with Gasteiger partial charge in [0.1, 0.15) is 0 Å². The van der Waals surface area contributed by atoms with Gasteiger partial charge in [0.05, 0.1) is 5.69 Å². The maximum atomic E-state index is 4.44. The fourth-order valence-corrected chi connectivity index (χ4v) is 1.82. The molecule has 0 amide bonds. The molecular weight excluding hydrogens is 307 g/mol. The molecule has 0 saturated heterocycles. The number of aliphatic imine (C=N–C) groups is 1. The van der Waals surface area contributed by atoms with Crippen molar-refractivity contribution >= 4 is 32.9 Å². The molecule has 0 aliphatic rings. The molecule has 2 aromatic carbocycles. The molecular formula is C15H11ClCuN2. The van der Waals surface area contributed by atoms with E-state index in [1.807, 2.05) is 60.9 Å². The zero-order valence-electron chi connectivity index (χ0n) is 9.92. The van der Waals surface area contributed by atoms with Crippen LogP contribution in [0.2, 0.25) is 0 Å². The van der Waals surface area contributed by atoms with Crippen LogP contribution in [0, 0.1) is 0 Å². The van der Waals surface area contributed by atoms with Crippen LogP contribution >= 0.6 is 10.1 Å². The van der Waals surface area contributed by atoms with E-state index in [0.717, 1.165) is 22.2 Å². The second-order valence-corrected chi connectivity index (χ2v) is 3.82. The first kappa shape index (κ1) is 13.9. The molecule has 19 heavy (non-hydrogen) atoms. The summed E-state index contributed by atoms with van der Waals surface area (Å²) >= 11 is 3.66. The van der Waals surface area contributed by atoms with Gasteiger partial charge in [-0.2, -0.15) is 6.20 Å². The average Bonchev–Trinajstić information content (AvgIpc) is 2.97. The zero-order chi connectivity index (χ0) is 13.5. The number of fused-ring (bicyclic) bond motifs is 1. The molecule has 3 aromatic rings. The zero-order valence-corrected chi connectivity index (χ0v) is 11.6. The Hall–Kier alpha value is -1.54. The molecule has 1 aromatic heterocycles. The van der Waals surface area contributed by atoms with Crippen molar-refractivity contribution < 1.29 is 15.1 Å². The number of nitrogens with zero attached hydrogens (tertiary/aromatic N) is 2. The topological polar surface area (TPSA) is 26.5 Å². The molecule has 0 N–H and O–H groups in total. The van der Waals surface area contributed by atoms with Crippen LogP contribution in [0.4, 0.5) is 5.69 Å². The molecule has 0 unspecified atom stereocenters. The molecule has 99 valence electrons. The Kier molecular flexibility index (Phi) is 5.22. The third-order valence-electron chi connectivity index (χ3n) is 2.67. The van der Waals surface area contributed by atoms with E-state index in [9.17, 15) is 0 Å². The van der Waals surface area contributed by atoms with E-state index < -0.39 is 0 Å². The number of hydrogen-bond acceptors (Lipinski definition) is 1. The van der Waals surface area contributed by atoms with Crippen LogP contribution in [0.5, 0.6) is 0 Å². The van der Waals surface area contributed by atoms with Crippen molar-refractivity contribution in [3.05, 3.63) is 66.4 Å². The van der Waals surface area contributed by atoms with Crippen molar-refractivity contribution in [3.63, 3.8) is 0 Å². The minimum atomic E-state index is 0.955. The van der Waals surface area contributed by atoms with Crippen LogP contribution < -0.4 is 4.98 Å². The molecule has 3 rings (SSSR count). The maximum absolute atomic E-state index is 4.44. The summed E-state index contributed by atoms with van der Waals surface area (Å²) in [5.74, 6) is 0. The standard InChI is InChI=1S/C15H11N2.ClH.Cu/c1-2-7-14(8-3-1)17-11-13-6-4-5-12-9-10-16-15(12)13;;/h1-11H;1H;/q-1;;+2/p-1. The summed E-state index contributed by atoms with van der Waals surface area (Å²) in [6, 6.07) is 18.0. The molecule has 0 bridgehead atoms. The van der Waals surface area contributed by atoms with Crippen LogP contribution in [0.1, 0.15) is 5.56 Å². The molecule has 0 fully saturated rings. The van der Waals surface area contributed by atoms with Gasteiger partial charge < -0.3 is 4.98 Å². The van der Waals surface area contributed by atoms with Gasteiger partial charge in [-0.15, -0.1) is 5.52 Å². The molecule has 4 heteroatoms. The minimum absolute atomic E-state index is 0.955. The van der Waals surface area contributed by atoms with Crippen molar-refractivity contribution in [2.24, 2.45) is 4.99 Å². The number of halogens is 1. The van der Waals surface area contributed by atoms with E-state index in [4.69, 9.17) is 0 Å². The number of aromatic nitrogens is 1. The second kappa shape index (κ2) is 7.15. The van der Waals surface area contributed by atoms with Crippen LogP contribution in [-0.4, -0.2) is 6.21 Å². The van der Waals surface area contributed by atoms with Gasteiger partial charge in [-0.25, -0.2) is 0 Å². The van der Waals surface area contributed by atoms with Crippen molar-refractivity contribution in [1.82, 2.24) is 4.98 Å². The molecule has 0 aliphatic heterocycles. The second-order valence-electron chi connectivity index (χ2n) is 3.82. The van der Waals surface area contributed by atoms with Gasteiger partial charge in [-0.1, -0.05) is 42.5 Å². The molecule has 0 atom stereocenters. The van der Waals surface area contributed by atoms with Gasteiger partial charge in [0.2, 0.25) is 0 Å². The van der Waals surface area contributed by atoms with E-state index in [1.165, 1.54) is 0 Å². The number of hydrogen-bond donors (Lipinski definition) is 0. The molecule has 0 saturated carbocycles. The summed E-state index contributed by atoms with van der Waals surface area (Å²) in [6.07, 6.45) is 3.69. The van der Waals surface area contributed by atoms with Crippen LogP contribution in [0.3, 0.4) is 0 Å². The van der Waals surface area contributed by atoms with Gasteiger partial charge in [0.25, 0.3) is 0 Å². The van der Waals surface area contributed by atoms with Gasteiger partial charge >= 0.3 is 25.2 Å². The van der Waals surface area contributed by atoms with E-state index >= 15 is 0 Å². The summed E-state index contributed by atoms with van der Waals surface area (Å²) in [4.78, 5) is 8.78. The van der Waals surface area contributed by atoms with Crippen molar-refractivity contribution in [3.8, 4) is 0 Å². The summed E-state index contributed by atoms with van der Waals surface area (Å²) < 4.78 is 0. The van der Waals surface area contributed by atoms with E-state index in [-0.39, 0.29) is 0 Å². The Morgan fingerprint density at radius 1 is 0.947 bits per heavy atom. The number of benzene rings is 2. The predicted octanol–water partition coefficient (Wildman–Crippen LogP) is 4.23. The normalized spacial score (nSPS) is 10.5. The quantitative estimate of drug-likeness (QED) is 0.513. The average molecular weight is 318 g/mol. The third kappa shape index (κ3) is 3.48. The first-order chi connectivity index (χ1) is 9.43. The van der Waals surface area contributed by atoms with Crippen molar-refractivity contribution in [2.45, 2.75) is 0 Å². The Morgan fingerprint density at radius 2 is 1.74 bits per heavy atom. The van der Waals surface area contributed by atoms with Crippen LogP contribution in [0.25, 0.3) is 10.9 Å². The Labute approximate surface area is 124 Å². The summed E-state index contributed by atoms with van der Waals surface area (Å²) in [7, 11) is 4.20. The van der Waals surface area contributed by atoms with Crippen molar-refractivity contribution in [1.29, 1.82) is 0 Å². The molecule has 0 spiro atoms. The third-order valence-corrected chi connectivity index (χ3v) is 2.67. The number of para-hydroxylation sites is 2. The Bertz CT molecular complexity index is 662. The fourth-order valence-electron chi connectivity index (χ4n) is 1.82. The predicted molar refractivity (Wildman–Crippen MR) is 76.8 cm³/mol. The monoisotopic (exact) mass is 317 g/mol. The Balaban J connectivity index is 0.000000637. The fraction of sp³-hybridized carbons (Fsp3) is 0. The number of rotatable bonds is 2. The summed E-state index contributed by atoms with van der Waals surface area (Å²) in [6.45, 7) is 0. The van der Waals surface area contributed by atoms with Crippen LogP contribution in [0.15, 0.2) is 65.8 Å². The first-order valence-electron chi connectivity index (χ1n) is 5.64. The molecule has 0 aliphatic carbocycles. The van der Waals surface area contributed by atoms with Gasteiger partial charge in [-0.05, 0) is 23.1 Å². The molecule has 0 radical (unpaired) electrons. The van der Waals surface area contributed by atoms with Gasteiger partial charge in [-0.3, -0.25) is 4.99 Å². The van der Waals surface area contributed by atoms with Gasteiger partial charge in [0, 0.05) is 6.21 Å². The Morgan fingerprint density at radius 3 is 2.53 bits per heavy atom. The van der Waals surface area contributed by atoms with E-state index in [1.54, 1.807) is 0 Å². The first-order valence-corrected chi connectivity index (χ1v) is 6.94. The van der Waals surface area contributed by atoms with E-state index in [0.29, 0.717) is 0 Å². The van der Waals surface area contributed by atoms with E-state index in [2.05, 4.69) is 41.2 Å². The molecule has 2 nitrogen and oxygen atoms in total. The SMILES string of the molecule is C(=Nc1ccccc1)c1cccc2cc[n-]c12.[Cl][Cu+]. The van der Waals surface area contributed by atoms with Gasteiger partial charge in [0.15, 0.2) is 0 Å². The molecule has 1 heterocycles. The van der Waals surface area contributed by atoms with Crippen LogP contribution in [-0.2, 0) is 15.1 Å².